The van der Waals surface area contributed by atoms with Gasteiger partial charge in [-0.1, -0.05) is 0 Å². The molecule has 1 heterocycles. The zero-order valence-corrected chi connectivity index (χ0v) is 8.99. The summed E-state index contributed by atoms with van der Waals surface area (Å²) in [6, 6.07) is 1.63. The molecule has 1 aromatic rings. The van der Waals surface area contributed by atoms with Crippen molar-refractivity contribution in [1.29, 1.82) is 0 Å². The van der Waals surface area contributed by atoms with E-state index in [1.165, 1.54) is 0 Å². The van der Waals surface area contributed by atoms with Crippen molar-refractivity contribution in [3.05, 3.63) is 33.6 Å². The van der Waals surface area contributed by atoms with Gasteiger partial charge in [-0.25, -0.2) is 4.39 Å². The number of benzene rings is 1. The highest BCUT2D eigenvalue weighted by atomic mass is 19.1. The molecule has 6 nitrogen and oxygen atoms in total. The summed E-state index contributed by atoms with van der Waals surface area (Å²) in [5, 5.41) is 16.2. The largest absolute Gasteiger partial charge is 0.375 e. The minimum absolute atomic E-state index is 0.0407. The van der Waals surface area contributed by atoms with Crippen molar-refractivity contribution < 1.29 is 14.1 Å². The van der Waals surface area contributed by atoms with Gasteiger partial charge in [0.15, 0.2) is 0 Å². The minimum atomic E-state index is -0.804. The van der Waals surface area contributed by atoms with Gasteiger partial charge in [-0.2, -0.15) is 0 Å². The molecule has 0 saturated carbocycles. The second-order valence-electron chi connectivity index (χ2n) is 3.86. The number of fused-ring (bicyclic) bond motifs is 1. The van der Waals surface area contributed by atoms with Crippen molar-refractivity contribution in [2.75, 3.05) is 11.9 Å². The Kier molecular flexibility index (Phi) is 2.66. The SMILES string of the molecule is C[C@H]1CNC(=O)c2cc(F)cc([N+](=O)[O-])c2N1. The molecular weight excluding hydrogens is 229 g/mol. The summed E-state index contributed by atoms with van der Waals surface area (Å²) < 4.78 is 13.2. The van der Waals surface area contributed by atoms with E-state index in [2.05, 4.69) is 10.6 Å². The maximum Gasteiger partial charge on any atom is 0.296 e. The molecule has 1 atom stereocenters. The van der Waals surface area contributed by atoms with Crippen molar-refractivity contribution in [1.82, 2.24) is 5.32 Å². The number of rotatable bonds is 1. The lowest BCUT2D eigenvalue weighted by Gasteiger charge is -2.11. The predicted molar refractivity (Wildman–Crippen MR) is 58.5 cm³/mol. The summed E-state index contributed by atoms with van der Waals surface area (Å²) in [6.45, 7) is 2.09. The molecule has 90 valence electrons. The molecule has 0 unspecified atom stereocenters. The molecule has 0 bridgehead atoms. The summed E-state index contributed by atoms with van der Waals surface area (Å²) >= 11 is 0. The molecule has 0 fully saturated rings. The van der Waals surface area contributed by atoms with Crippen LogP contribution in [0, 0.1) is 15.9 Å². The number of nitro groups is 1. The van der Waals surface area contributed by atoms with Crippen molar-refractivity contribution in [3.63, 3.8) is 0 Å². The predicted octanol–water partition coefficient (Wildman–Crippen LogP) is 1.28. The Morgan fingerprint density at radius 1 is 1.53 bits per heavy atom. The van der Waals surface area contributed by atoms with E-state index in [9.17, 15) is 19.3 Å². The molecular formula is C10H10FN3O3. The molecule has 0 aromatic heterocycles. The summed E-state index contributed by atoms with van der Waals surface area (Å²) in [5.74, 6) is -1.32. The Morgan fingerprint density at radius 2 is 2.24 bits per heavy atom. The number of anilines is 1. The van der Waals surface area contributed by atoms with Crippen molar-refractivity contribution in [2.24, 2.45) is 0 Å². The van der Waals surface area contributed by atoms with Gasteiger partial charge in [-0.15, -0.1) is 0 Å². The number of hydrogen-bond donors (Lipinski definition) is 2. The van der Waals surface area contributed by atoms with E-state index in [1.807, 2.05) is 0 Å². The second-order valence-corrected chi connectivity index (χ2v) is 3.86. The van der Waals surface area contributed by atoms with E-state index in [1.54, 1.807) is 6.92 Å². The van der Waals surface area contributed by atoms with Crippen molar-refractivity contribution >= 4 is 17.3 Å². The number of amides is 1. The average Bonchev–Trinajstić information content (AvgIpc) is 2.39. The molecule has 0 radical (unpaired) electrons. The molecule has 0 spiro atoms. The molecule has 0 aliphatic carbocycles. The monoisotopic (exact) mass is 239 g/mol. The molecule has 0 saturated heterocycles. The molecule has 2 N–H and O–H groups in total. The van der Waals surface area contributed by atoms with Gasteiger partial charge in [0.25, 0.3) is 11.6 Å². The number of nitro benzene ring substituents is 1. The Balaban J connectivity index is 2.65. The van der Waals surface area contributed by atoms with Gasteiger partial charge in [0.05, 0.1) is 16.6 Å². The summed E-state index contributed by atoms with van der Waals surface area (Å²) in [6.07, 6.45) is 0. The van der Waals surface area contributed by atoms with Crippen molar-refractivity contribution in [2.45, 2.75) is 13.0 Å². The highest BCUT2D eigenvalue weighted by Gasteiger charge is 2.27. The fourth-order valence-corrected chi connectivity index (χ4v) is 1.71. The van der Waals surface area contributed by atoms with Crippen LogP contribution in [0.1, 0.15) is 17.3 Å². The first kappa shape index (κ1) is 11.3. The molecule has 1 aromatic carbocycles. The Labute approximate surface area is 96.0 Å². The number of nitrogens with zero attached hydrogens (tertiary/aromatic N) is 1. The second kappa shape index (κ2) is 4.00. The fourth-order valence-electron chi connectivity index (χ4n) is 1.71. The number of carbonyl (C=O) groups is 1. The highest BCUT2D eigenvalue weighted by Crippen LogP contribution is 2.31. The minimum Gasteiger partial charge on any atom is -0.375 e. The number of hydrogen-bond acceptors (Lipinski definition) is 4. The van der Waals surface area contributed by atoms with Gasteiger partial charge in [0, 0.05) is 12.6 Å². The van der Waals surface area contributed by atoms with Gasteiger partial charge < -0.3 is 10.6 Å². The lowest BCUT2D eigenvalue weighted by Crippen LogP contribution is -2.30. The zero-order valence-electron chi connectivity index (χ0n) is 8.99. The highest BCUT2D eigenvalue weighted by molar-refractivity contribution is 6.02. The Morgan fingerprint density at radius 3 is 2.88 bits per heavy atom. The van der Waals surface area contributed by atoms with Crippen LogP contribution in [0.3, 0.4) is 0 Å². The molecule has 2 rings (SSSR count). The lowest BCUT2D eigenvalue weighted by atomic mass is 10.1. The van der Waals surface area contributed by atoms with Crippen LogP contribution >= 0.6 is 0 Å². The first-order chi connectivity index (χ1) is 7.99. The average molecular weight is 239 g/mol. The van der Waals surface area contributed by atoms with Crippen LogP contribution in [0.2, 0.25) is 0 Å². The lowest BCUT2D eigenvalue weighted by molar-refractivity contribution is -0.384. The quantitative estimate of drug-likeness (QED) is 0.571. The van der Waals surface area contributed by atoms with Gasteiger partial charge >= 0.3 is 0 Å². The zero-order chi connectivity index (χ0) is 12.6. The molecule has 7 heteroatoms. The van der Waals surface area contributed by atoms with Gasteiger partial charge in [0.1, 0.15) is 11.5 Å². The maximum absolute atomic E-state index is 13.2. The Bertz CT molecular complexity index is 504. The van der Waals surface area contributed by atoms with Crippen LogP contribution in [-0.2, 0) is 0 Å². The normalized spacial score (nSPS) is 18.7. The topological polar surface area (TPSA) is 84.3 Å². The van der Waals surface area contributed by atoms with Crippen LogP contribution < -0.4 is 10.6 Å². The summed E-state index contributed by atoms with van der Waals surface area (Å²) in [4.78, 5) is 21.7. The number of nitrogens with one attached hydrogen (secondary N) is 2. The van der Waals surface area contributed by atoms with Crippen LogP contribution in [0.15, 0.2) is 12.1 Å². The third kappa shape index (κ3) is 2.03. The number of halogens is 1. The van der Waals surface area contributed by atoms with Gasteiger partial charge in [-0.3, -0.25) is 14.9 Å². The van der Waals surface area contributed by atoms with Crippen LogP contribution in [0.4, 0.5) is 15.8 Å². The smallest absolute Gasteiger partial charge is 0.296 e. The molecule has 1 amide bonds. The standard InChI is InChI=1S/C10H10FN3O3/c1-5-4-12-10(15)7-2-6(11)3-8(14(16)17)9(7)13-5/h2-3,5,13H,4H2,1H3,(H,12,15)/t5-/m0/s1. The third-order valence-electron chi connectivity index (χ3n) is 2.48. The summed E-state index contributed by atoms with van der Waals surface area (Å²) in [7, 11) is 0. The van der Waals surface area contributed by atoms with Crippen LogP contribution in [0.25, 0.3) is 0 Å². The molecule has 1 aliphatic rings. The van der Waals surface area contributed by atoms with E-state index in [-0.39, 0.29) is 17.3 Å². The number of carbonyl (C=O) groups excluding carboxylic acids is 1. The molecule has 1 aliphatic heterocycles. The van der Waals surface area contributed by atoms with Crippen molar-refractivity contribution in [3.8, 4) is 0 Å². The molecule has 17 heavy (non-hydrogen) atoms. The first-order valence-corrected chi connectivity index (χ1v) is 5.01. The summed E-state index contributed by atoms with van der Waals surface area (Å²) in [5.41, 5.74) is -0.399. The maximum atomic E-state index is 13.2. The van der Waals surface area contributed by atoms with E-state index in [0.717, 1.165) is 12.1 Å². The fraction of sp³-hybridized carbons (Fsp3) is 0.300. The van der Waals surface area contributed by atoms with E-state index < -0.39 is 22.3 Å². The van der Waals surface area contributed by atoms with E-state index in [0.29, 0.717) is 6.54 Å². The van der Waals surface area contributed by atoms with Crippen LogP contribution in [0.5, 0.6) is 0 Å². The van der Waals surface area contributed by atoms with Crippen LogP contribution in [-0.4, -0.2) is 23.4 Å². The third-order valence-corrected chi connectivity index (χ3v) is 2.48. The first-order valence-electron chi connectivity index (χ1n) is 5.01. The van der Waals surface area contributed by atoms with E-state index in [4.69, 9.17) is 0 Å². The van der Waals surface area contributed by atoms with Gasteiger partial charge in [-0.05, 0) is 13.0 Å². The Hall–Kier alpha value is -2.18. The van der Waals surface area contributed by atoms with E-state index >= 15 is 0 Å². The van der Waals surface area contributed by atoms with Gasteiger partial charge in [0.2, 0.25) is 0 Å².